The van der Waals surface area contributed by atoms with Crippen LogP contribution in [-0.4, -0.2) is 23.4 Å². The number of likely N-dealkylation sites (N-methyl/N-ethyl adjacent to an activating group) is 1. The van der Waals surface area contributed by atoms with Crippen LogP contribution in [0.25, 0.3) is 0 Å². The van der Waals surface area contributed by atoms with Crippen molar-refractivity contribution in [1.82, 2.24) is 15.1 Å². The SMILES string of the molecule is CNCCc1ccccc1CNc1ccn(C)n1. The van der Waals surface area contributed by atoms with Crippen molar-refractivity contribution in [2.45, 2.75) is 13.0 Å². The van der Waals surface area contributed by atoms with Gasteiger partial charge in [-0.1, -0.05) is 24.3 Å². The zero-order valence-corrected chi connectivity index (χ0v) is 11.0. The molecule has 0 fully saturated rings. The van der Waals surface area contributed by atoms with Crippen LogP contribution >= 0.6 is 0 Å². The van der Waals surface area contributed by atoms with Crippen LogP contribution in [0.2, 0.25) is 0 Å². The lowest BCUT2D eigenvalue weighted by molar-refractivity contribution is 0.767. The van der Waals surface area contributed by atoms with Gasteiger partial charge in [-0.2, -0.15) is 5.10 Å². The van der Waals surface area contributed by atoms with Crippen LogP contribution < -0.4 is 10.6 Å². The summed E-state index contributed by atoms with van der Waals surface area (Å²) in [6, 6.07) is 10.5. The van der Waals surface area contributed by atoms with Crippen LogP contribution in [0.1, 0.15) is 11.1 Å². The molecule has 0 amide bonds. The summed E-state index contributed by atoms with van der Waals surface area (Å²) in [5.41, 5.74) is 2.72. The van der Waals surface area contributed by atoms with E-state index < -0.39 is 0 Å². The molecule has 4 nitrogen and oxygen atoms in total. The van der Waals surface area contributed by atoms with E-state index in [2.05, 4.69) is 40.0 Å². The first-order chi connectivity index (χ1) is 8.79. The van der Waals surface area contributed by atoms with Crippen LogP contribution in [0.3, 0.4) is 0 Å². The second kappa shape index (κ2) is 6.21. The van der Waals surface area contributed by atoms with Crippen molar-refractivity contribution in [1.29, 1.82) is 0 Å². The molecule has 0 unspecified atom stereocenters. The maximum atomic E-state index is 4.31. The number of rotatable bonds is 6. The van der Waals surface area contributed by atoms with Crippen molar-refractivity contribution < 1.29 is 0 Å². The molecule has 0 saturated carbocycles. The van der Waals surface area contributed by atoms with Gasteiger partial charge in [-0.25, -0.2) is 0 Å². The number of anilines is 1. The van der Waals surface area contributed by atoms with Gasteiger partial charge in [0.2, 0.25) is 0 Å². The van der Waals surface area contributed by atoms with E-state index in [4.69, 9.17) is 0 Å². The maximum Gasteiger partial charge on any atom is 0.148 e. The molecule has 0 radical (unpaired) electrons. The molecule has 0 aliphatic rings. The number of aryl methyl sites for hydroxylation is 1. The van der Waals surface area contributed by atoms with E-state index in [1.54, 1.807) is 4.68 Å². The van der Waals surface area contributed by atoms with Gasteiger partial charge in [0.05, 0.1) is 0 Å². The number of aromatic nitrogens is 2. The van der Waals surface area contributed by atoms with Crippen LogP contribution in [0, 0.1) is 0 Å². The fourth-order valence-corrected chi connectivity index (χ4v) is 1.93. The Bertz CT molecular complexity index is 490. The second-order valence-electron chi connectivity index (χ2n) is 4.35. The van der Waals surface area contributed by atoms with Gasteiger partial charge in [0.1, 0.15) is 5.82 Å². The van der Waals surface area contributed by atoms with Crippen molar-refractivity contribution in [3.63, 3.8) is 0 Å². The summed E-state index contributed by atoms with van der Waals surface area (Å²) in [6.07, 6.45) is 2.99. The van der Waals surface area contributed by atoms with Crippen molar-refractivity contribution in [3.8, 4) is 0 Å². The molecule has 96 valence electrons. The summed E-state index contributed by atoms with van der Waals surface area (Å²) in [4.78, 5) is 0. The first-order valence-electron chi connectivity index (χ1n) is 6.24. The van der Waals surface area contributed by atoms with Crippen LogP contribution in [0.5, 0.6) is 0 Å². The van der Waals surface area contributed by atoms with Gasteiger partial charge in [-0.3, -0.25) is 4.68 Å². The number of hydrogen-bond donors (Lipinski definition) is 2. The largest absolute Gasteiger partial charge is 0.365 e. The maximum absolute atomic E-state index is 4.31. The van der Waals surface area contributed by atoms with E-state index in [0.717, 1.165) is 25.3 Å². The Balaban J connectivity index is 1.99. The summed E-state index contributed by atoms with van der Waals surface area (Å²) in [6.45, 7) is 1.82. The Morgan fingerprint density at radius 3 is 2.61 bits per heavy atom. The lowest BCUT2D eigenvalue weighted by Gasteiger charge is -2.10. The van der Waals surface area contributed by atoms with Crippen molar-refractivity contribution >= 4 is 5.82 Å². The van der Waals surface area contributed by atoms with E-state index in [1.807, 2.05) is 26.4 Å². The van der Waals surface area contributed by atoms with Gasteiger partial charge in [-0.05, 0) is 31.1 Å². The molecule has 1 heterocycles. The van der Waals surface area contributed by atoms with Crippen LogP contribution in [-0.2, 0) is 20.0 Å². The summed E-state index contributed by atoms with van der Waals surface area (Å²) in [7, 11) is 3.90. The van der Waals surface area contributed by atoms with Crippen LogP contribution in [0.4, 0.5) is 5.82 Å². The molecule has 0 saturated heterocycles. The second-order valence-corrected chi connectivity index (χ2v) is 4.35. The summed E-state index contributed by atoms with van der Waals surface area (Å²) >= 11 is 0. The minimum Gasteiger partial charge on any atom is -0.365 e. The van der Waals surface area contributed by atoms with E-state index in [-0.39, 0.29) is 0 Å². The van der Waals surface area contributed by atoms with Gasteiger partial charge in [0.15, 0.2) is 0 Å². The third-order valence-electron chi connectivity index (χ3n) is 2.94. The highest BCUT2D eigenvalue weighted by Crippen LogP contribution is 2.11. The molecule has 0 atom stereocenters. The lowest BCUT2D eigenvalue weighted by atomic mass is 10.0. The average molecular weight is 244 g/mol. The van der Waals surface area contributed by atoms with Crippen molar-refractivity contribution in [2.75, 3.05) is 18.9 Å². The predicted octanol–water partition coefficient (Wildman–Crippen LogP) is 1.79. The molecule has 4 heteroatoms. The highest BCUT2D eigenvalue weighted by Gasteiger charge is 2.02. The zero-order valence-electron chi connectivity index (χ0n) is 11.0. The van der Waals surface area contributed by atoms with E-state index in [9.17, 15) is 0 Å². The highest BCUT2D eigenvalue weighted by molar-refractivity contribution is 5.36. The predicted molar refractivity (Wildman–Crippen MR) is 74.6 cm³/mol. The van der Waals surface area contributed by atoms with Crippen molar-refractivity contribution in [2.24, 2.45) is 7.05 Å². The summed E-state index contributed by atoms with van der Waals surface area (Å²) < 4.78 is 1.80. The molecule has 0 spiro atoms. The molecule has 2 rings (SSSR count). The van der Waals surface area contributed by atoms with Gasteiger partial charge in [0.25, 0.3) is 0 Å². The minimum absolute atomic E-state index is 0.816. The highest BCUT2D eigenvalue weighted by atomic mass is 15.3. The minimum atomic E-state index is 0.816. The Morgan fingerprint density at radius 2 is 1.94 bits per heavy atom. The van der Waals surface area contributed by atoms with Gasteiger partial charge < -0.3 is 10.6 Å². The molecular weight excluding hydrogens is 224 g/mol. The fraction of sp³-hybridized carbons (Fsp3) is 0.357. The number of nitrogens with zero attached hydrogens (tertiary/aromatic N) is 2. The average Bonchev–Trinajstić information content (AvgIpc) is 2.81. The quantitative estimate of drug-likeness (QED) is 0.814. The molecule has 2 aromatic rings. The molecule has 0 aliphatic heterocycles. The van der Waals surface area contributed by atoms with E-state index in [0.29, 0.717) is 0 Å². The molecule has 18 heavy (non-hydrogen) atoms. The van der Waals surface area contributed by atoms with Crippen LogP contribution in [0.15, 0.2) is 36.5 Å². The van der Waals surface area contributed by atoms with Crippen molar-refractivity contribution in [3.05, 3.63) is 47.7 Å². The lowest BCUT2D eigenvalue weighted by Crippen LogP contribution is -2.12. The normalized spacial score (nSPS) is 10.6. The molecule has 0 aliphatic carbocycles. The molecule has 0 bridgehead atoms. The number of nitrogens with one attached hydrogen (secondary N) is 2. The van der Waals surface area contributed by atoms with Gasteiger partial charge in [-0.15, -0.1) is 0 Å². The smallest absolute Gasteiger partial charge is 0.148 e. The van der Waals surface area contributed by atoms with Gasteiger partial charge >= 0.3 is 0 Å². The van der Waals surface area contributed by atoms with E-state index >= 15 is 0 Å². The summed E-state index contributed by atoms with van der Waals surface area (Å²) in [5.74, 6) is 0.918. The Kier molecular flexibility index (Phi) is 4.36. The summed E-state index contributed by atoms with van der Waals surface area (Å²) in [5, 5.41) is 10.8. The van der Waals surface area contributed by atoms with Gasteiger partial charge in [0, 0.05) is 25.9 Å². The topological polar surface area (TPSA) is 41.9 Å². The first kappa shape index (κ1) is 12.6. The first-order valence-corrected chi connectivity index (χ1v) is 6.24. The number of benzene rings is 1. The molecule has 1 aromatic carbocycles. The molecule has 1 aromatic heterocycles. The number of hydrogen-bond acceptors (Lipinski definition) is 3. The third kappa shape index (κ3) is 3.34. The van der Waals surface area contributed by atoms with E-state index in [1.165, 1.54) is 11.1 Å². The monoisotopic (exact) mass is 244 g/mol. The molecule has 2 N–H and O–H groups in total. The Morgan fingerprint density at radius 1 is 1.17 bits per heavy atom. The third-order valence-corrected chi connectivity index (χ3v) is 2.94. The standard InChI is InChI=1S/C14H20N4/c1-15-9-7-12-5-3-4-6-13(12)11-16-14-8-10-18(2)17-14/h3-6,8,10,15H,7,9,11H2,1-2H3,(H,16,17). The Labute approximate surface area is 108 Å². The zero-order chi connectivity index (χ0) is 12.8. The Hall–Kier alpha value is -1.81. The molecular formula is C14H20N4. The fourth-order valence-electron chi connectivity index (χ4n) is 1.93.